The van der Waals surface area contributed by atoms with Gasteiger partial charge in [0.2, 0.25) is 11.8 Å². The Hall–Kier alpha value is -1.59. The lowest BCUT2D eigenvalue weighted by atomic mass is 9.84. The van der Waals surface area contributed by atoms with E-state index in [0.717, 1.165) is 12.8 Å². The average Bonchev–Trinajstić information content (AvgIpc) is 2.62. The van der Waals surface area contributed by atoms with Gasteiger partial charge in [0.05, 0.1) is 0 Å². The molecule has 2 aliphatic rings. The van der Waals surface area contributed by atoms with Crippen molar-refractivity contribution in [3.8, 4) is 0 Å². The van der Waals surface area contributed by atoms with Crippen LogP contribution in [-0.4, -0.2) is 34.5 Å². The molecule has 26 heavy (non-hydrogen) atoms. The fraction of sp³-hybridized carbons (Fsp3) is 0.850. The van der Waals surface area contributed by atoms with Gasteiger partial charge in [-0.3, -0.25) is 9.59 Å². The minimum atomic E-state index is -1.21. The summed E-state index contributed by atoms with van der Waals surface area (Å²) < 4.78 is 0. The molecule has 0 radical (unpaired) electrons. The summed E-state index contributed by atoms with van der Waals surface area (Å²) in [7, 11) is 0. The summed E-state index contributed by atoms with van der Waals surface area (Å²) in [5.74, 6) is -0.657. The molecule has 0 aromatic heterocycles. The molecule has 0 bridgehead atoms. The molecule has 2 fully saturated rings. The Labute approximate surface area is 156 Å². The summed E-state index contributed by atoms with van der Waals surface area (Å²) in [6.45, 7) is 3.30. The second kappa shape index (κ2) is 9.38. The number of carboxylic acid groups (broad SMARTS) is 1. The highest BCUT2D eigenvalue weighted by atomic mass is 16.4. The van der Waals surface area contributed by atoms with Gasteiger partial charge < -0.3 is 15.7 Å². The van der Waals surface area contributed by atoms with Gasteiger partial charge in [0.15, 0.2) is 0 Å². The zero-order valence-corrected chi connectivity index (χ0v) is 16.2. The molecule has 6 nitrogen and oxygen atoms in total. The Balaban J connectivity index is 1.73. The maximum atomic E-state index is 12.4. The van der Waals surface area contributed by atoms with E-state index >= 15 is 0 Å². The smallest absolute Gasteiger partial charge is 0.329 e. The third-order valence-corrected chi connectivity index (χ3v) is 6.24. The molecule has 2 amide bonds. The summed E-state index contributed by atoms with van der Waals surface area (Å²) in [6, 6.07) is 0.146. The van der Waals surface area contributed by atoms with E-state index in [1.165, 1.54) is 32.1 Å². The van der Waals surface area contributed by atoms with Crippen LogP contribution in [-0.2, 0) is 14.4 Å². The highest BCUT2D eigenvalue weighted by Crippen LogP contribution is 2.28. The van der Waals surface area contributed by atoms with E-state index in [-0.39, 0.29) is 23.8 Å². The van der Waals surface area contributed by atoms with Gasteiger partial charge in [0, 0.05) is 18.4 Å². The number of carboxylic acids is 1. The molecule has 2 aliphatic carbocycles. The Bertz CT molecular complexity index is 508. The van der Waals surface area contributed by atoms with E-state index in [1.54, 1.807) is 13.8 Å². The molecule has 2 saturated carbocycles. The third-order valence-electron chi connectivity index (χ3n) is 6.24. The lowest BCUT2D eigenvalue weighted by Crippen LogP contribution is -2.54. The predicted octanol–water partition coefficient (Wildman–Crippen LogP) is 3.00. The van der Waals surface area contributed by atoms with Crippen molar-refractivity contribution in [3.63, 3.8) is 0 Å². The summed E-state index contributed by atoms with van der Waals surface area (Å²) in [4.78, 5) is 36.0. The van der Waals surface area contributed by atoms with Crippen molar-refractivity contribution in [2.24, 2.45) is 11.8 Å². The number of aliphatic carboxylic acids is 1. The minimum Gasteiger partial charge on any atom is -0.480 e. The molecule has 0 aromatic rings. The highest BCUT2D eigenvalue weighted by Gasteiger charge is 2.36. The Morgan fingerprint density at radius 2 is 1.62 bits per heavy atom. The molecule has 0 heterocycles. The van der Waals surface area contributed by atoms with Crippen LogP contribution in [0.25, 0.3) is 0 Å². The van der Waals surface area contributed by atoms with Crippen molar-refractivity contribution < 1.29 is 19.5 Å². The second-order valence-electron chi connectivity index (χ2n) is 8.30. The average molecular weight is 367 g/mol. The molecule has 0 saturated heterocycles. The molecule has 0 aromatic carbocycles. The number of hydrogen-bond acceptors (Lipinski definition) is 3. The van der Waals surface area contributed by atoms with Crippen molar-refractivity contribution >= 4 is 17.8 Å². The monoisotopic (exact) mass is 366 g/mol. The largest absolute Gasteiger partial charge is 0.480 e. The molecule has 1 atom stereocenters. The molecule has 1 unspecified atom stereocenters. The summed E-state index contributed by atoms with van der Waals surface area (Å²) in [5, 5.41) is 15.1. The van der Waals surface area contributed by atoms with Crippen LogP contribution in [0, 0.1) is 11.8 Å². The van der Waals surface area contributed by atoms with Crippen LogP contribution in [0.3, 0.4) is 0 Å². The van der Waals surface area contributed by atoms with E-state index in [9.17, 15) is 19.5 Å². The number of carbonyl (C=O) groups is 3. The molecule has 0 aliphatic heterocycles. The van der Waals surface area contributed by atoms with Gasteiger partial charge >= 0.3 is 5.97 Å². The van der Waals surface area contributed by atoms with Crippen LogP contribution in [0.4, 0.5) is 0 Å². The first-order valence-electron chi connectivity index (χ1n) is 10.2. The summed E-state index contributed by atoms with van der Waals surface area (Å²) in [5.41, 5.74) is -1.21. The Kier molecular flexibility index (Phi) is 7.47. The van der Waals surface area contributed by atoms with E-state index in [0.29, 0.717) is 31.6 Å². The topological polar surface area (TPSA) is 95.5 Å². The lowest BCUT2D eigenvalue weighted by molar-refractivity contribution is -0.148. The van der Waals surface area contributed by atoms with Crippen LogP contribution in [0.2, 0.25) is 0 Å². The molecule has 6 heteroatoms. The Morgan fingerprint density at radius 3 is 2.15 bits per heavy atom. The van der Waals surface area contributed by atoms with Gasteiger partial charge in [-0.1, -0.05) is 26.2 Å². The van der Waals surface area contributed by atoms with Crippen molar-refractivity contribution in [1.29, 1.82) is 0 Å². The fourth-order valence-corrected chi connectivity index (χ4v) is 4.11. The van der Waals surface area contributed by atoms with Crippen LogP contribution in [0.5, 0.6) is 0 Å². The molecule has 2 rings (SSSR count). The molecule has 0 spiro atoms. The Morgan fingerprint density at radius 1 is 1.00 bits per heavy atom. The first-order chi connectivity index (χ1) is 12.3. The number of hydrogen-bond donors (Lipinski definition) is 3. The van der Waals surface area contributed by atoms with Gasteiger partial charge in [0.1, 0.15) is 5.54 Å². The number of amides is 2. The second-order valence-corrected chi connectivity index (χ2v) is 8.30. The van der Waals surface area contributed by atoms with Crippen LogP contribution in [0.1, 0.15) is 84.5 Å². The quantitative estimate of drug-likeness (QED) is 0.645. The van der Waals surface area contributed by atoms with Crippen molar-refractivity contribution in [1.82, 2.24) is 10.6 Å². The zero-order valence-electron chi connectivity index (χ0n) is 16.2. The molecule has 148 valence electrons. The normalized spacial score (nSPS) is 26.5. The van der Waals surface area contributed by atoms with Gasteiger partial charge in [-0.2, -0.15) is 0 Å². The predicted molar refractivity (Wildman–Crippen MR) is 99.6 cm³/mol. The summed E-state index contributed by atoms with van der Waals surface area (Å²) in [6.07, 6.45) is 10.0. The third kappa shape index (κ3) is 5.71. The standard InChI is InChI=1S/C20H34N2O4/c1-3-20(2,19(25)26)22-18(24)15-9-11-16(12-10-15)21-17(23)13-14-7-5-4-6-8-14/h14-16H,3-13H2,1-2H3,(H,21,23)(H,22,24)(H,25,26). The number of rotatable bonds is 7. The molecular weight excluding hydrogens is 332 g/mol. The van der Waals surface area contributed by atoms with Crippen LogP contribution >= 0.6 is 0 Å². The number of nitrogens with one attached hydrogen (secondary N) is 2. The molecule has 3 N–H and O–H groups in total. The van der Waals surface area contributed by atoms with Gasteiger partial charge in [-0.25, -0.2) is 4.79 Å². The van der Waals surface area contributed by atoms with Crippen molar-refractivity contribution in [2.75, 3.05) is 0 Å². The minimum absolute atomic E-state index is 0.146. The maximum absolute atomic E-state index is 12.4. The van der Waals surface area contributed by atoms with E-state index < -0.39 is 11.5 Å². The maximum Gasteiger partial charge on any atom is 0.329 e. The van der Waals surface area contributed by atoms with Crippen molar-refractivity contribution in [3.05, 3.63) is 0 Å². The fourth-order valence-electron chi connectivity index (χ4n) is 4.11. The van der Waals surface area contributed by atoms with Gasteiger partial charge in [0.25, 0.3) is 0 Å². The van der Waals surface area contributed by atoms with E-state index in [2.05, 4.69) is 10.6 Å². The van der Waals surface area contributed by atoms with E-state index in [1.807, 2.05) is 0 Å². The lowest BCUT2D eigenvalue weighted by Gasteiger charge is -2.32. The van der Waals surface area contributed by atoms with E-state index in [4.69, 9.17) is 0 Å². The number of carbonyl (C=O) groups excluding carboxylic acids is 2. The summed E-state index contributed by atoms with van der Waals surface area (Å²) >= 11 is 0. The SMILES string of the molecule is CCC(C)(NC(=O)C1CCC(NC(=O)CC2CCCCC2)CC1)C(=O)O. The van der Waals surface area contributed by atoms with Crippen LogP contribution in [0.15, 0.2) is 0 Å². The zero-order chi connectivity index (χ0) is 19.2. The van der Waals surface area contributed by atoms with Gasteiger partial charge in [-0.15, -0.1) is 0 Å². The van der Waals surface area contributed by atoms with Gasteiger partial charge in [-0.05, 0) is 57.8 Å². The molecular formula is C20H34N2O4. The first-order valence-corrected chi connectivity index (χ1v) is 10.2. The highest BCUT2D eigenvalue weighted by molar-refractivity contribution is 5.87. The van der Waals surface area contributed by atoms with Crippen molar-refractivity contribution in [2.45, 2.75) is 96.1 Å². The first kappa shape index (κ1) is 20.7. The van der Waals surface area contributed by atoms with Crippen LogP contribution < -0.4 is 10.6 Å².